The van der Waals surface area contributed by atoms with Gasteiger partial charge in [-0.05, 0) is 74.4 Å². The Hall–Kier alpha value is -5.45. The van der Waals surface area contributed by atoms with Crippen molar-refractivity contribution < 1.29 is 32.2 Å². The number of aromatic nitrogens is 4. The van der Waals surface area contributed by atoms with E-state index in [1.54, 1.807) is 55.7 Å². The molecule has 0 fully saturated rings. The van der Waals surface area contributed by atoms with Crippen LogP contribution >= 0.6 is 0 Å². The lowest BCUT2D eigenvalue weighted by Gasteiger charge is -2.11. The van der Waals surface area contributed by atoms with Gasteiger partial charge >= 0.3 is 5.97 Å². The van der Waals surface area contributed by atoms with Gasteiger partial charge in [0.1, 0.15) is 42.2 Å². The standard InChI is InChI=1S/C34H27F3N4O4/c1-18-7-8-22(25(35)11-18)17-44-32-6-4-5-28(40-32)24-15-26(36)23(12-27(24)37)14-31-39-29-10-9-21(34(42)43)13-30(29)41(31)16-33-38-19(2)20(3)45-33/h4-13,15H,14,16-17H2,1-3H3,(H,42,43). The van der Waals surface area contributed by atoms with Crippen molar-refractivity contribution in [1.29, 1.82) is 0 Å². The maximum absolute atomic E-state index is 15.6. The second kappa shape index (κ2) is 11.9. The Bertz CT molecular complexity index is 2070. The summed E-state index contributed by atoms with van der Waals surface area (Å²) in [6.45, 7) is 5.39. The van der Waals surface area contributed by atoms with Gasteiger partial charge in [-0.15, -0.1) is 0 Å². The van der Waals surface area contributed by atoms with Gasteiger partial charge in [0, 0.05) is 23.6 Å². The minimum absolute atomic E-state index is 0.0354. The van der Waals surface area contributed by atoms with Crippen LogP contribution in [0, 0.1) is 38.2 Å². The van der Waals surface area contributed by atoms with Gasteiger partial charge in [0.05, 0.1) is 28.0 Å². The van der Waals surface area contributed by atoms with Crippen molar-refractivity contribution in [2.24, 2.45) is 0 Å². The molecule has 0 saturated heterocycles. The van der Waals surface area contributed by atoms with Crippen molar-refractivity contribution in [2.45, 2.75) is 40.3 Å². The quantitative estimate of drug-likeness (QED) is 0.182. The normalized spacial score (nSPS) is 11.3. The van der Waals surface area contributed by atoms with Gasteiger partial charge in [-0.1, -0.05) is 18.2 Å². The number of halogens is 3. The van der Waals surface area contributed by atoms with Crippen LogP contribution in [0.3, 0.4) is 0 Å². The molecule has 3 aromatic carbocycles. The first-order chi connectivity index (χ1) is 21.5. The molecule has 0 unspecified atom stereocenters. The van der Waals surface area contributed by atoms with E-state index in [4.69, 9.17) is 9.15 Å². The molecule has 6 rings (SSSR count). The summed E-state index contributed by atoms with van der Waals surface area (Å²) in [5, 5.41) is 9.53. The third-order valence-electron chi connectivity index (χ3n) is 7.51. The summed E-state index contributed by atoms with van der Waals surface area (Å²) in [4.78, 5) is 25.0. The predicted octanol–water partition coefficient (Wildman–Crippen LogP) is 7.35. The Morgan fingerprint density at radius 1 is 0.889 bits per heavy atom. The van der Waals surface area contributed by atoms with Crippen molar-refractivity contribution in [3.05, 3.63) is 130 Å². The highest BCUT2D eigenvalue weighted by Gasteiger charge is 2.20. The third kappa shape index (κ3) is 6.14. The third-order valence-corrected chi connectivity index (χ3v) is 7.51. The van der Waals surface area contributed by atoms with Crippen molar-refractivity contribution in [3.63, 3.8) is 0 Å². The number of carbonyl (C=O) groups is 1. The number of benzene rings is 3. The van der Waals surface area contributed by atoms with Crippen molar-refractivity contribution in [2.75, 3.05) is 0 Å². The van der Waals surface area contributed by atoms with Gasteiger partial charge in [0.2, 0.25) is 11.8 Å². The molecule has 1 N–H and O–H groups in total. The van der Waals surface area contributed by atoms with E-state index in [2.05, 4.69) is 15.0 Å². The van der Waals surface area contributed by atoms with E-state index < -0.39 is 23.4 Å². The predicted molar refractivity (Wildman–Crippen MR) is 160 cm³/mol. The fourth-order valence-corrected chi connectivity index (χ4v) is 5.02. The Balaban J connectivity index is 1.30. The summed E-state index contributed by atoms with van der Waals surface area (Å²) in [6, 6.07) is 16.1. The lowest BCUT2D eigenvalue weighted by atomic mass is 10.0. The zero-order chi connectivity index (χ0) is 31.8. The van der Waals surface area contributed by atoms with Gasteiger partial charge in [-0.25, -0.2) is 32.9 Å². The van der Waals surface area contributed by atoms with Gasteiger partial charge in [-0.3, -0.25) is 0 Å². The van der Waals surface area contributed by atoms with E-state index >= 15 is 8.78 Å². The number of fused-ring (bicyclic) bond motifs is 1. The number of ether oxygens (including phenoxy) is 1. The van der Waals surface area contributed by atoms with Crippen LogP contribution < -0.4 is 4.74 Å². The highest BCUT2D eigenvalue weighted by atomic mass is 19.1. The van der Waals surface area contributed by atoms with Crippen LogP contribution in [0.4, 0.5) is 13.2 Å². The summed E-state index contributed by atoms with van der Waals surface area (Å²) >= 11 is 0. The first-order valence-electron chi connectivity index (χ1n) is 14.0. The summed E-state index contributed by atoms with van der Waals surface area (Å²) in [7, 11) is 0. The molecule has 3 aromatic heterocycles. The molecule has 0 amide bonds. The van der Waals surface area contributed by atoms with Crippen LogP contribution in [-0.2, 0) is 19.6 Å². The number of hydrogen-bond acceptors (Lipinski definition) is 6. The molecule has 11 heteroatoms. The molecule has 8 nitrogen and oxygen atoms in total. The molecule has 0 aliphatic heterocycles. The number of hydrogen-bond donors (Lipinski definition) is 1. The largest absolute Gasteiger partial charge is 0.478 e. The first kappa shape index (κ1) is 29.6. The smallest absolute Gasteiger partial charge is 0.335 e. The number of carboxylic acids is 1. The number of aromatic carboxylic acids is 1. The zero-order valence-corrected chi connectivity index (χ0v) is 24.6. The van der Waals surface area contributed by atoms with Crippen LogP contribution in [0.1, 0.15) is 50.2 Å². The number of rotatable bonds is 9. The molecule has 0 atom stereocenters. The van der Waals surface area contributed by atoms with Crippen molar-refractivity contribution in [1.82, 2.24) is 19.5 Å². The van der Waals surface area contributed by atoms with E-state index in [0.717, 1.165) is 17.7 Å². The highest BCUT2D eigenvalue weighted by molar-refractivity contribution is 5.92. The second-order valence-electron chi connectivity index (χ2n) is 10.7. The van der Waals surface area contributed by atoms with E-state index in [1.807, 2.05) is 0 Å². The van der Waals surface area contributed by atoms with Crippen molar-refractivity contribution in [3.8, 4) is 17.1 Å². The van der Waals surface area contributed by atoms with Crippen molar-refractivity contribution >= 4 is 17.0 Å². The lowest BCUT2D eigenvalue weighted by Crippen LogP contribution is -2.08. The average molecular weight is 613 g/mol. The molecule has 228 valence electrons. The Morgan fingerprint density at radius 3 is 2.42 bits per heavy atom. The molecule has 45 heavy (non-hydrogen) atoms. The molecule has 0 aliphatic rings. The highest BCUT2D eigenvalue weighted by Crippen LogP contribution is 2.29. The number of pyridine rings is 1. The van der Waals surface area contributed by atoms with Crippen LogP contribution in [0.25, 0.3) is 22.3 Å². The topological polar surface area (TPSA) is 103 Å². The molecule has 3 heterocycles. The number of imidazole rings is 1. The lowest BCUT2D eigenvalue weighted by molar-refractivity contribution is 0.0697. The maximum atomic E-state index is 15.6. The van der Waals surface area contributed by atoms with Crippen LogP contribution in [-0.4, -0.2) is 30.6 Å². The Morgan fingerprint density at radius 2 is 1.69 bits per heavy atom. The zero-order valence-electron chi connectivity index (χ0n) is 24.6. The molecule has 6 aromatic rings. The molecule has 0 saturated carbocycles. The minimum Gasteiger partial charge on any atom is -0.478 e. The SMILES string of the molecule is Cc1ccc(COc2cccc(-c3cc(F)c(Cc4nc5ccc(C(=O)O)cc5n4Cc4nc(C)c(C)o4)cc3F)n2)c(F)c1. The van der Waals surface area contributed by atoms with Crippen LogP contribution in [0.2, 0.25) is 0 Å². The molecular weight excluding hydrogens is 585 g/mol. The monoisotopic (exact) mass is 612 g/mol. The maximum Gasteiger partial charge on any atom is 0.335 e. The van der Waals surface area contributed by atoms with Crippen LogP contribution in [0.5, 0.6) is 5.88 Å². The first-order valence-corrected chi connectivity index (χ1v) is 14.0. The average Bonchev–Trinajstić information content (AvgIpc) is 3.51. The van der Waals surface area contributed by atoms with E-state index in [1.165, 1.54) is 24.3 Å². The number of nitrogens with zero attached hydrogens (tertiary/aromatic N) is 4. The van der Waals surface area contributed by atoms with E-state index in [0.29, 0.717) is 39.8 Å². The second-order valence-corrected chi connectivity index (χ2v) is 10.7. The molecular formula is C34H27F3N4O4. The number of oxazole rings is 1. The number of aryl methyl sites for hydroxylation is 3. The molecule has 0 bridgehead atoms. The van der Waals surface area contributed by atoms with Gasteiger partial charge in [-0.2, -0.15) is 0 Å². The Kier molecular flexibility index (Phi) is 7.84. The molecule has 0 spiro atoms. The van der Waals surface area contributed by atoms with Gasteiger partial charge in [0.15, 0.2) is 0 Å². The molecule has 0 radical (unpaired) electrons. The fourth-order valence-electron chi connectivity index (χ4n) is 5.02. The van der Waals surface area contributed by atoms with Crippen LogP contribution in [0.15, 0.2) is 71.1 Å². The van der Waals surface area contributed by atoms with Gasteiger partial charge < -0.3 is 18.8 Å². The Labute approximate surface area is 255 Å². The molecule has 0 aliphatic carbocycles. The summed E-state index contributed by atoms with van der Waals surface area (Å²) in [5.41, 5.74) is 2.95. The van der Waals surface area contributed by atoms with Gasteiger partial charge in [0.25, 0.3) is 0 Å². The summed E-state index contributed by atoms with van der Waals surface area (Å²) < 4.78 is 58.4. The number of carboxylic acid groups (broad SMARTS) is 1. The summed E-state index contributed by atoms with van der Waals surface area (Å²) in [5.74, 6) is -1.42. The van der Waals surface area contributed by atoms with E-state index in [9.17, 15) is 14.3 Å². The fraction of sp³-hybridized carbons (Fsp3) is 0.176. The minimum atomic E-state index is -1.11. The summed E-state index contributed by atoms with van der Waals surface area (Å²) in [6.07, 6.45) is -0.0997. The van der Waals surface area contributed by atoms with E-state index in [-0.39, 0.29) is 47.8 Å².